The molecule has 4 nitrogen and oxygen atoms in total. The van der Waals surface area contributed by atoms with E-state index in [4.69, 9.17) is 0 Å². The van der Waals surface area contributed by atoms with Crippen molar-refractivity contribution in [1.29, 1.82) is 0 Å². The quantitative estimate of drug-likeness (QED) is 0.700. The number of rotatable bonds is 4. The second-order valence-electron chi connectivity index (χ2n) is 8.18. The van der Waals surface area contributed by atoms with Crippen LogP contribution in [0.4, 0.5) is 0 Å². The zero-order chi connectivity index (χ0) is 18.2. The fourth-order valence-electron chi connectivity index (χ4n) is 4.91. The van der Waals surface area contributed by atoms with Crippen LogP contribution in [0.15, 0.2) is 54.9 Å². The van der Waals surface area contributed by atoms with E-state index in [0.29, 0.717) is 0 Å². The monoisotopic (exact) mass is 360 g/mol. The van der Waals surface area contributed by atoms with Crippen LogP contribution in [-0.4, -0.2) is 51.1 Å². The molecule has 27 heavy (non-hydrogen) atoms. The first-order valence-corrected chi connectivity index (χ1v) is 10.3. The molecule has 0 saturated carbocycles. The minimum absolute atomic E-state index is 0.763. The van der Waals surface area contributed by atoms with Crippen LogP contribution in [0.25, 0.3) is 16.7 Å². The van der Waals surface area contributed by atoms with E-state index in [2.05, 4.69) is 68.7 Å². The predicted octanol–water partition coefficient (Wildman–Crippen LogP) is 4.08. The Hall–Kier alpha value is -2.17. The second-order valence-corrected chi connectivity index (χ2v) is 8.18. The molecule has 3 aromatic rings. The van der Waals surface area contributed by atoms with Crippen LogP contribution in [-0.2, 0) is 6.54 Å². The van der Waals surface area contributed by atoms with Crippen LogP contribution in [0.5, 0.6) is 0 Å². The maximum atomic E-state index is 4.50. The van der Waals surface area contributed by atoms with E-state index in [0.717, 1.165) is 29.7 Å². The van der Waals surface area contributed by atoms with E-state index >= 15 is 0 Å². The number of para-hydroxylation sites is 2. The molecule has 0 bridgehead atoms. The third-order valence-electron chi connectivity index (χ3n) is 6.40. The van der Waals surface area contributed by atoms with Gasteiger partial charge in [0.25, 0.3) is 0 Å². The van der Waals surface area contributed by atoms with E-state index in [-0.39, 0.29) is 0 Å². The molecule has 2 aliphatic rings. The zero-order valence-corrected chi connectivity index (χ0v) is 16.1. The lowest BCUT2D eigenvalue weighted by molar-refractivity contribution is 0.185. The van der Waals surface area contributed by atoms with E-state index in [1.807, 2.05) is 12.4 Å². The summed E-state index contributed by atoms with van der Waals surface area (Å²) in [5.74, 6) is 0. The average molecular weight is 361 g/mol. The Balaban J connectivity index is 1.26. The molecule has 2 aromatic carbocycles. The molecule has 2 fully saturated rings. The SMILES string of the molecule is CC1CCCN1[C@H]1CCN(Cc2ccc(-n3cnc4ccccc43)cc2)C1. The van der Waals surface area contributed by atoms with E-state index in [1.54, 1.807) is 0 Å². The van der Waals surface area contributed by atoms with Gasteiger partial charge in [0, 0.05) is 37.4 Å². The highest BCUT2D eigenvalue weighted by Crippen LogP contribution is 2.26. The van der Waals surface area contributed by atoms with Gasteiger partial charge in [0.05, 0.1) is 11.0 Å². The van der Waals surface area contributed by atoms with Crippen molar-refractivity contribution < 1.29 is 0 Å². The van der Waals surface area contributed by atoms with Crippen LogP contribution in [0.3, 0.4) is 0 Å². The molecule has 4 heteroatoms. The van der Waals surface area contributed by atoms with Crippen molar-refractivity contribution in [3.05, 3.63) is 60.4 Å². The first kappa shape index (κ1) is 17.0. The summed E-state index contributed by atoms with van der Waals surface area (Å²) in [6, 6.07) is 18.8. The molecule has 2 aliphatic heterocycles. The van der Waals surface area contributed by atoms with Gasteiger partial charge < -0.3 is 0 Å². The maximum Gasteiger partial charge on any atom is 0.100 e. The Labute approximate surface area is 161 Å². The van der Waals surface area contributed by atoms with Gasteiger partial charge in [-0.1, -0.05) is 24.3 Å². The summed E-state index contributed by atoms with van der Waals surface area (Å²) >= 11 is 0. The fraction of sp³-hybridized carbons (Fsp3) is 0.435. The summed E-state index contributed by atoms with van der Waals surface area (Å²) in [4.78, 5) is 9.87. The summed E-state index contributed by atoms with van der Waals surface area (Å²) < 4.78 is 2.17. The van der Waals surface area contributed by atoms with Crippen LogP contribution >= 0.6 is 0 Å². The number of nitrogens with zero attached hydrogens (tertiary/aromatic N) is 4. The van der Waals surface area contributed by atoms with Gasteiger partial charge in [-0.05, 0) is 62.6 Å². The Morgan fingerprint density at radius 3 is 2.67 bits per heavy atom. The lowest BCUT2D eigenvalue weighted by Crippen LogP contribution is -2.39. The van der Waals surface area contributed by atoms with Crippen molar-refractivity contribution in [3.63, 3.8) is 0 Å². The van der Waals surface area contributed by atoms with Crippen LogP contribution in [0.2, 0.25) is 0 Å². The van der Waals surface area contributed by atoms with Crippen molar-refractivity contribution >= 4 is 11.0 Å². The highest BCUT2D eigenvalue weighted by atomic mass is 15.3. The molecule has 3 heterocycles. The molecule has 0 spiro atoms. The smallest absolute Gasteiger partial charge is 0.100 e. The van der Waals surface area contributed by atoms with Crippen molar-refractivity contribution in [2.75, 3.05) is 19.6 Å². The molecule has 0 radical (unpaired) electrons. The summed E-state index contributed by atoms with van der Waals surface area (Å²) in [5.41, 5.74) is 4.78. The van der Waals surface area contributed by atoms with Crippen molar-refractivity contribution in [1.82, 2.24) is 19.4 Å². The number of benzene rings is 2. The first-order valence-electron chi connectivity index (χ1n) is 10.3. The number of imidazole rings is 1. The number of likely N-dealkylation sites (tertiary alicyclic amines) is 2. The molecular weight excluding hydrogens is 332 g/mol. The van der Waals surface area contributed by atoms with E-state index < -0.39 is 0 Å². The predicted molar refractivity (Wildman–Crippen MR) is 110 cm³/mol. The van der Waals surface area contributed by atoms with Crippen molar-refractivity contribution in [3.8, 4) is 5.69 Å². The fourth-order valence-corrected chi connectivity index (χ4v) is 4.91. The van der Waals surface area contributed by atoms with Gasteiger partial charge in [-0.15, -0.1) is 0 Å². The molecule has 2 atom stereocenters. The third-order valence-corrected chi connectivity index (χ3v) is 6.40. The number of fused-ring (bicyclic) bond motifs is 1. The molecule has 1 aromatic heterocycles. The van der Waals surface area contributed by atoms with Crippen molar-refractivity contribution in [2.24, 2.45) is 0 Å². The van der Waals surface area contributed by atoms with Gasteiger partial charge in [-0.25, -0.2) is 4.98 Å². The van der Waals surface area contributed by atoms with Gasteiger partial charge in [0.15, 0.2) is 0 Å². The molecule has 0 aliphatic carbocycles. The highest BCUT2D eigenvalue weighted by Gasteiger charge is 2.32. The maximum absolute atomic E-state index is 4.50. The Bertz CT molecular complexity index is 914. The topological polar surface area (TPSA) is 24.3 Å². The molecule has 140 valence electrons. The Morgan fingerprint density at radius 1 is 1.00 bits per heavy atom. The third kappa shape index (κ3) is 3.28. The molecule has 0 amide bonds. The summed E-state index contributed by atoms with van der Waals surface area (Å²) in [5, 5.41) is 0. The number of hydrogen-bond donors (Lipinski definition) is 0. The van der Waals surface area contributed by atoms with Gasteiger partial charge in [-0.3, -0.25) is 14.4 Å². The molecular formula is C23H28N4. The summed E-state index contributed by atoms with van der Waals surface area (Å²) in [6.45, 7) is 7.20. The number of hydrogen-bond acceptors (Lipinski definition) is 3. The highest BCUT2D eigenvalue weighted by molar-refractivity contribution is 5.77. The standard InChI is InChI=1S/C23H28N4/c1-18-5-4-13-26(18)21-12-14-25(16-21)15-19-8-10-20(11-9-19)27-17-24-22-6-2-3-7-23(22)27/h2-3,6-11,17-18,21H,4-5,12-16H2,1H3/t18?,21-/m0/s1. The zero-order valence-electron chi connectivity index (χ0n) is 16.1. The molecule has 0 N–H and O–H groups in total. The summed E-state index contributed by atoms with van der Waals surface area (Å²) in [6.07, 6.45) is 5.99. The van der Waals surface area contributed by atoms with Crippen LogP contribution in [0.1, 0.15) is 31.7 Å². The van der Waals surface area contributed by atoms with Gasteiger partial charge in [0.1, 0.15) is 6.33 Å². The summed E-state index contributed by atoms with van der Waals surface area (Å²) in [7, 11) is 0. The molecule has 5 rings (SSSR count). The Kier molecular flexibility index (Phi) is 4.46. The average Bonchev–Trinajstić information content (AvgIpc) is 3.42. The van der Waals surface area contributed by atoms with Gasteiger partial charge in [-0.2, -0.15) is 0 Å². The van der Waals surface area contributed by atoms with E-state index in [9.17, 15) is 0 Å². The normalized spacial score (nSPS) is 24.2. The minimum Gasteiger partial charge on any atom is -0.299 e. The van der Waals surface area contributed by atoms with E-state index in [1.165, 1.54) is 50.1 Å². The molecule has 1 unspecified atom stereocenters. The number of aromatic nitrogens is 2. The second kappa shape index (κ2) is 7.10. The minimum atomic E-state index is 0.763. The van der Waals surface area contributed by atoms with Gasteiger partial charge >= 0.3 is 0 Å². The Morgan fingerprint density at radius 2 is 1.85 bits per heavy atom. The van der Waals surface area contributed by atoms with Crippen molar-refractivity contribution in [2.45, 2.75) is 44.8 Å². The van der Waals surface area contributed by atoms with Gasteiger partial charge in [0.2, 0.25) is 0 Å². The van der Waals surface area contributed by atoms with Crippen LogP contribution in [0, 0.1) is 0 Å². The first-order chi connectivity index (χ1) is 13.3. The largest absolute Gasteiger partial charge is 0.299 e. The lowest BCUT2D eigenvalue weighted by atomic mass is 10.2. The van der Waals surface area contributed by atoms with Crippen LogP contribution < -0.4 is 0 Å². The molecule has 2 saturated heterocycles. The lowest BCUT2D eigenvalue weighted by Gasteiger charge is -2.28.